The van der Waals surface area contributed by atoms with Crippen molar-refractivity contribution in [2.45, 2.75) is 51.8 Å². The van der Waals surface area contributed by atoms with E-state index in [1.54, 1.807) is 0 Å². The zero-order valence-electron chi connectivity index (χ0n) is 9.61. The van der Waals surface area contributed by atoms with E-state index in [2.05, 4.69) is 18.7 Å². The number of nitrogens with two attached hydrogens (primary N) is 1. The topological polar surface area (TPSA) is 49.5 Å². The molecule has 0 bridgehead atoms. The summed E-state index contributed by atoms with van der Waals surface area (Å²) in [6.45, 7) is 8.00. The summed E-state index contributed by atoms with van der Waals surface area (Å²) in [4.78, 5) is 2.37. The number of hydrogen-bond donors (Lipinski definition) is 2. The summed E-state index contributed by atoms with van der Waals surface area (Å²) in [5.41, 5.74) is 5.80. The summed E-state index contributed by atoms with van der Waals surface area (Å²) in [5, 5.41) is 9.59. The van der Waals surface area contributed by atoms with Crippen molar-refractivity contribution >= 4 is 0 Å². The Morgan fingerprint density at radius 2 is 2.14 bits per heavy atom. The Hall–Kier alpha value is -0.120. The van der Waals surface area contributed by atoms with Gasteiger partial charge < -0.3 is 10.8 Å². The molecular formula is C11H24N2O. The predicted octanol–water partition coefficient (Wildman–Crippen LogP) is 0.815. The van der Waals surface area contributed by atoms with E-state index >= 15 is 0 Å². The van der Waals surface area contributed by atoms with Crippen LogP contribution in [0, 0.1) is 5.92 Å². The van der Waals surface area contributed by atoms with Crippen LogP contribution in [-0.2, 0) is 0 Å². The first kappa shape index (κ1) is 12.0. The monoisotopic (exact) mass is 200 g/mol. The van der Waals surface area contributed by atoms with Gasteiger partial charge in [-0.05, 0) is 39.2 Å². The number of hydrogen-bond acceptors (Lipinski definition) is 3. The Labute approximate surface area is 87.3 Å². The summed E-state index contributed by atoms with van der Waals surface area (Å²) >= 11 is 0. The van der Waals surface area contributed by atoms with Gasteiger partial charge in [0, 0.05) is 18.6 Å². The standard InChI is InChI=1S/C11H24N2O/c1-8-5-4-6-13(11(8)7-12)9(2)10(3)14/h8-11,14H,4-7,12H2,1-3H3. The second-order valence-corrected chi connectivity index (χ2v) is 4.64. The molecule has 0 spiro atoms. The number of likely N-dealkylation sites (tertiary alicyclic amines) is 1. The Morgan fingerprint density at radius 3 is 2.64 bits per heavy atom. The second-order valence-electron chi connectivity index (χ2n) is 4.64. The van der Waals surface area contributed by atoms with Crippen LogP contribution in [0.15, 0.2) is 0 Å². The molecule has 3 nitrogen and oxygen atoms in total. The number of rotatable bonds is 3. The molecule has 84 valence electrons. The normalized spacial score (nSPS) is 34.1. The van der Waals surface area contributed by atoms with Crippen LogP contribution >= 0.6 is 0 Å². The van der Waals surface area contributed by atoms with Crippen LogP contribution in [0.1, 0.15) is 33.6 Å². The molecule has 0 aromatic carbocycles. The van der Waals surface area contributed by atoms with Gasteiger partial charge in [0.25, 0.3) is 0 Å². The maximum Gasteiger partial charge on any atom is 0.0664 e. The lowest BCUT2D eigenvalue weighted by Gasteiger charge is -2.43. The zero-order valence-corrected chi connectivity index (χ0v) is 9.61. The van der Waals surface area contributed by atoms with Gasteiger partial charge in [-0.15, -0.1) is 0 Å². The Bertz CT molecular complexity index is 173. The first-order valence-electron chi connectivity index (χ1n) is 5.71. The van der Waals surface area contributed by atoms with E-state index in [1.165, 1.54) is 12.8 Å². The van der Waals surface area contributed by atoms with Gasteiger partial charge in [0.2, 0.25) is 0 Å². The minimum atomic E-state index is -0.269. The van der Waals surface area contributed by atoms with Gasteiger partial charge in [-0.25, -0.2) is 0 Å². The van der Waals surface area contributed by atoms with Gasteiger partial charge in [-0.3, -0.25) is 4.90 Å². The quantitative estimate of drug-likeness (QED) is 0.709. The largest absolute Gasteiger partial charge is 0.392 e. The zero-order chi connectivity index (χ0) is 10.7. The molecule has 3 N–H and O–H groups in total. The molecule has 3 heteroatoms. The van der Waals surface area contributed by atoms with Crippen molar-refractivity contribution in [2.24, 2.45) is 11.7 Å². The van der Waals surface area contributed by atoms with E-state index in [1.807, 2.05) is 6.92 Å². The maximum atomic E-state index is 9.59. The van der Waals surface area contributed by atoms with Gasteiger partial charge in [0.15, 0.2) is 0 Å². The molecule has 0 aliphatic carbocycles. The van der Waals surface area contributed by atoms with Crippen molar-refractivity contribution in [1.29, 1.82) is 0 Å². The molecule has 1 heterocycles. The van der Waals surface area contributed by atoms with Crippen LogP contribution in [-0.4, -0.2) is 41.3 Å². The van der Waals surface area contributed by atoms with Gasteiger partial charge >= 0.3 is 0 Å². The fourth-order valence-electron chi connectivity index (χ4n) is 2.43. The van der Waals surface area contributed by atoms with Crippen LogP contribution < -0.4 is 5.73 Å². The lowest BCUT2D eigenvalue weighted by atomic mass is 9.89. The van der Waals surface area contributed by atoms with Gasteiger partial charge in [0.05, 0.1) is 6.10 Å². The lowest BCUT2D eigenvalue weighted by Crippen LogP contribution is -2.54. The Balaban J connectivity index is 2.64. The minimum Gasteiger partial charge on any atom is -0.392 e. The van der Waals surface area contributed by atoms with Gasteiger partial charge in [-0.2, -0.15) is 0 Å². The van der Waals surface area contributed by atoms with Crippen LogP contribution in [0.2, 0.25) is 0 Å². The molecule has 14 heavy (non-hydrogen) atoms. The molecule has 1 aliphatic heterocycles. The van der Waals surface area contributed by atoms with E-state index in [0.29, 0.717) is 18.5 Å². The highest BCUT2D eigenvalue weighted by atomic mass is 16.3. The van der Waals surface area contributed by atoms with E-state index in [-0.39, 0.29) is 12.1 Å². The summed E-state index contributed by atoms with van der Waals surface area (Å²) in [6.07, 6.45) is 2.23. The highest BCUT2D eigenvalue weighted by Gasteiger charge is 2.31. The van der Waals surface area contributed by atoms with Crippen molar-refractivity contribution in [2.75, 3.05) is 13.1 Å². The third-order valence-electron chi connectivity index (χ3n) is 3.62. The Kier molecular flexibility index (Phi) is 4.35. The fourth-order valence-corrected chi connectivity index (χ4v) is 2.43. The SMILES string of the molecule is CC(O)C(C)N1CCCC(C)C1CN. The smallest absolute Gasteiger partial charge is 0.0664 e. The maximum absolute atomic E-state index is 9.59. The van der Waals surface area contributed by atoms with Crippen LogP contribution in [0.4, 0.5) is 0 Å². The van der Waals surface area contributed by atoms with E-state index < -0.39 is 0 Å². The van der Waals surface area contributed by atoms with E-state index in [4.69, 9.17) is 5.73 Å². The average Bonchev–Trinajstić information content (AvgIpc) is 2.16. The summed E-state index contributed by atoms with van der Waals surface area (Å²) in [6, 6.07) is 0.680. The molecule has 0 radical (unpaired) electrons. The number of nitrogens with zero attached hydrogens (tertiary/aromatic N) is 1. The Morgan fingerprint density at radius 1 is 1.50 bits per heavy atom. The third kappa shape index (κ3) is 2.47. The number of aliphatic hydroxyl groups excluding tert-OH is 1. The van der Waals surface area contributed by atoms with Crippen LogP contribution in [0.3, 0.4) is 0 Å². The van der Waals surface area contributed by atoms with Gasteiger partial charge in [-0.1, -0.05) is 6.92 Å². The number of aliphatic hydroxyl groups is 1. The lowest BCUT2D eigenvalue weighted by molar-refractivity contribution is 0.00801. The number of piperidine rings is 1. The summed E-state index contributed by atoms with van der Waals surface area (Å²) in [7, 11) is 0. The molecule has 0 aromatic heterocycles. The third-order valence-corrected chi connectivity index (χ3v) is 3.62. The predicted molar refractivity (Wildman–Crippen MR) is 59.1 cm³/mol. The molecule has 1 fully saturated rings. The first-order chi connectivity index (χ1) is 6.57. The molecule has 1 saturated heterocycles. The molecule has 1 rings (SSSR count). The van der Waals surface area contributed by atoms with Crippen molar-refractivity contribution in [3.63, 3.8) is 0 Å². The average molecular weight is 200 g/mol. The minimum absolute atomic E-state index is 0.228. The van der Waals surface area contributed by atoms with E-state index in [9.17, 15) is 5.11 Å². The van der Waals surface area contributed by atoms with Crippen LogP contribution in [0.25, 0.3) is 0 Å². The first-order valence-corrected chi connectivity index (χ1v) is 5.71. The van der Waals surface area contributed by atoms with Crippen molar-refractivity contribution in [1.82, 2.24) is 4.90 Å². The molecule has 0 amide bonds. The van der Waals surface area contributed by atoms with Crippen molar-refractivity contribution in [3.8, 4) is 0 Å². The highest BCUT2D eigenvalue weighted by Crippen LogP contribution is 2.25. The molecular weight excluding hydrogens is 176 g/mol. The molecule has 4 unspecified atom stereocenters. The van der Waals surface area contributed by atoms with Gasteiger partial charge in [0.1, 0.15) is 0 Å². The highest BCUT2D eigenvalue weighted by molar-refractivity contribution is 4.87. The molecule has 1 aliphatic rings. The second kappa shape index (κ2) is 5.10. The fraction of sp³-hybridized carbons (Fsp3) is 1.00. The van der Waals surface area contributed by atoms with Crippen molar-refractivity contribution in [3.05, 3.63) is 0 Å². The molecule has 0 aromatic rings. The summed E-state index contributed by atoms with van der Waals surface area (Å²) < 4.78 is 0. The van der Waals surface area contributed by atoms with E-state index in [0.717, 1.165) is 6.54 Å². The summed E-state index contributed by atoms with van der Waals surface area (Å²) in [5.74, 6) is 0.662. The van der Waals surface area contributed by atoms with Crippen molar-refractivity contribution < 1.29 is 5.11 Å². The van der Waals surface area contributed by atoms with Crippen LogP contribution in [0.5, 0.6) is 0 Å². The molecule has 0 saturated carbocycles. The molecule has 4 atom stereocenters.